The third-order valence-electron chi connectivity index (χ3n) is 4.69. The van der Waals surface area contributed by atoms with Crippen LogP contribution in [0.3, 0.4) is 0 Å². The average Bonchev–Trinajstić information content (AvgIpc) is 3.28. The smallest absolute Gasteiger partial charge is 0.224 e. The average molecular weight is 393 g/mol. The molecular formula is C22H20FN3OS. The van der Waals surface area contributed by atoms with Gasteiger partial charge in [0.2, 0.25) is 5.91 Å². The summed E-state index contributed by atoms with van der Waals surface area (Å²) in [4.78, 5) is 17.6. The summed E-state index contributed by atoms with van der Waals surface area (Å²) < 4.78 is 16.0. The predicted octanol–water partition coefficient (Wildman–Crippen LogP) is 5.34. The molecule has 0 unspecified atom stereocenters. The van der Waals surface area contributed by atoms with Crippen LogP contribution in [0.25, 0.3) is 16.2 Å². The standard InChI is InChI=1S/C22H20FN3OS/c1-2-15-7-9-16(10-8-15)24-21(27)12-11-17-14-28-22-25-20(13-26(17)22)18-5-3-4-6-19(18)23/h3-10,13-14H,2,11-12H2,1H3,(H,24,27). The number of thiazole rings is 1. The first-order chi connectivity index (χ1) is 13.6. The lowest BCUT2D eigenvalue weighted by Crippen LogP contribution is -2.12. The Morgan fingerprint density at radius 2 is 1.96 bits per heavy atom. The maximum atomic E-state index is 14.0. The molecule has 0 aliphatic heterocycles. The van der Waals surface area contributed by atoms with E-state index in [9.17, 15) is 9.18 Å². The molecule has 4 nitrogen and oxygen atoms in total. The number of hydrogen-bond acceptors (Lipinski definition) is 3. The lowest BCUT2D eigenvalue weighted by molar-refractivity contribution is -0.116. The number of imidazole rings is 1. The maximum Gasteiger partial charge on any atom is 0.224 e. The van der Waals surface area contributed by atoms with Crippen LogP contribution in [-0.2, 0) is 17.6 Å². The van der Waals surface area contributed by atoms with Gasteiger partial charge in [-0.2, -0.15) is 0 Å². The summed E-state index contributed by atoms with van der Waals surface area (Å²) in [6.45, 7) is 2.10. The lowest BCUT2D eigenvalue weighted by atomic mass is 10.1. The number of carbonyl (C=O) groups is 1. The second kappa shape index (κ2) is 7.94. The summed E-state index contributed by atoms with van der Waals surface area (Å²) in [5, 5.41) is 4.93. The SMILES string of the molecule is CCc1ccc(NC(=O)CCc2csc3nc(-c4ccccc4F)cn23)cc1. The number of fused-ring (bicyclic) bond motifs is 1. The van der Waals surface area contributed by atoms with Crippen molar-refractivity contribution in [3.8, 4) is 11.3 Å². The molecule has 142 valence electrons. The van der Waals surface area contributed by atoms with Crippen LogP contribution in [0.15, 0.2) is 60.1 Å². The van der Waals surface area contributed by atoms with Crippen molar-refractivity contribution in [2.45, 2.75) is 26.2 Å². The summed E-state index contributed by atoms with van der Waals surface area (Å²) in [6.07, 6.45) is 3.77. The molecule has 2 heterocycles. The topological polar surface area (TPSA) is 46.4 Å². The predicted molar refractivity (Wildman–Crippen MR) is 111 cm³/mol. The van der Waals surface area contributed by atoms with Crippen LogP contribution in [0.2, 0.25) is 0 Å². The Bertz CT molecular complexity index is 1110. The van der Waals surface area contributed by atoms with Crippen molar-refractivity contribution in [3.05, 3.63) is 77.2 Å². The van der Waals surface area contributed by atoms with Gasteiger partial charge in [-0.05, 0) is 42.7 Å². The number of nitrogens with one attached hydrogen (secondary N) is 1. The molecule has 0 bridgehead atoms. The van der Waals surface area contributed by atoms with Gasteiger partial charge >= 0.3 is 0 Å². The quantitative estimate of drug-likeness (QED) is 0.481. The molecular weight excluding hydrogens is 373 g/mol. The van der Waals surface area contributed by atoms with E-state index >= 15 is 0 Å². The summed E-state index contributed by atoms with van der Waals surface area (Å²) in [7, 11) is 0. The first-order valence-corrected chi connectivity index (χ1v) is 10.1. The Labute approximate surface area is 166 Å². The molecule has 4 aromatic rings. The zero-order valence-corrected chi connectivity index (χ0v) is 16.3. The highest BCUT2D eigenvalue weighted by Gasteiger charge is 2.13. The van der Waals surface area contributed by atoms with E-state index in [-0.39, 0.29) is 11.7 Å². The highest BCUT2D eigenvalue weighted by molar-refractivity contribution is 7.15. The molecule has 0 spiro atoms. The minimum Gasteiger partial charge on any atom is -0.326 e. The number of carbonyl (C=O) groups excluding carboxylic acids is 1. The van der Waals surface area contributed by atoms with Crippen LogP contribution in [-0.4, -0.2) is 15.3 Å². The highest BCUT2D eigenvalue weighted by atomic mass is 32.1. The van der Waals surface area contributed by atoms with E-state index in [0.717, 1.165) is 22.8 Å². The van der Waals surface area contributed by atoms with E-state index in [0.29, 0.717) is 24.1 Å². The number of benzene rings is 2. The molecule has 1 N–H and O–H groups in total. The number of aromatic nitrogens is 2. The van der Waals surface area contributed by atoms with Crippen molar-refractivity contribution < 1.29 is 9.18 Å². The fourth-order valence-electron chi connectivity index (χ4n) is 3.10. The third-order valence-corrected chi connectivity index (χ3v) is 5.58. The zero-order chi connectivity index (χ0) is 19.5. The lowest BCUT2D eigenvalue weighted by Gasteiger charge is -2.06. The zero-order valence-electron chi connectivity index (χ0n) is 15.5. The van der Waals surface area contributed by atoms with Crippen molar-refractivity contribution in [1.29, 1.82) is 0 Å². The van der Waals surface area contributed by atoms with Crippen molar-refractivity contribution in [2.24, 2.45) is 0 Å². The number of halogens is 1. The van der Waals surface area contributed by atoms with Crippen molar-refractivity contribution >= 4 is 27.9 Å². The fourth-order valence-corrected chi connectivity index (χ4v) is 4.00. The summed E-state index contributed by atoms with van der Waals surface area (Å²) >= 11 is 1.49. The van der Waals surface area contributed by atoms with Crippen LogP contribution < -0.4 is 5.32 Å². The Morgan fingerprint density at radius 1 is 1.18 bits per heavy atom. The number of nitrogens with zero attached hydrogens (tertiary/aromatic N) is 2. The van der Waals surface area contributed by atoms with Crippen molar-refractivity contribution in [3.63, 3.8) is 0 Å². The number of aryl methyl sites for hydroxylation is 2. The molecule has 0 saturated heterocycles. The molecule has 0 fully saturated rings. The normalized spacial score (nSPS) is 11.1. The van der Waals surface area contributed by atoms with Gasteiger partial charge in [0.15, 0.2) is 4.96 Å². The van der Waals surface area contributed by atoms with Gasteiger partial charge in [0.1, 0.15) is 5.82 Å². The number of amides is 1. The van der Waals surface area contributed by atoms with Crippen LogP contribution in [0.5, 0.6) is 0 Å². The molecule has 0 aliphatic rings. The molecule has 0 atom stereocenters. The van der Waals surface area contributed by atoms with E-state index in [1.807, 2.05) is 40.2 Å². The molecule has 4 rings (SSSR count). The van der Waals surface area contributed by atoms with Gasteiger partial charge in [-0.25, -0.2) is 9.37 Å². The number of rotatable bonds is 6. The molecule has 2 aromatic heterocycles. The molecule has 2 aromatic carbocycles. The Balaban J connectivity index is 1.44. The highest BCUT2D eigenvalue weighted by Crippen LogP contribution is 2.26. The van der Waals surface area contributed by atoms with Gasteiger partial charge in [-0.3, -0.25) is 9.20 Å². The summed E-state index contributed by atoms with van der Waals surface area (Å²) in [6, 6.07) is 14.5. The Hall–Kier alpha value is -2.99. The fraction of sp³-hybridized carbons (Fsp3) is 0.182. The number of anilines is 1. The summed E-state index contributed by atoms with van der Waals surface area (Å²) in [5.41, 5.74) is 4.13. The first-order valence-electron chi connectivity index (χ1n) is 9.23. The second-order valence-corrected chi connectivity index (χ2v) is 7.42. The monoisotopic (exact) mass is 393 g/mol. The molecule has 6 heteroatoms. The minimum absolute atomic E-state index is 0.0296. The minimum atomic E-state index is -0.289. The van der Waals surface area contributed by atoms with E-state index < -0.39 is 0 Å². The largest absolute Gasteiger partial charge is 0.326 e. The van der Waals surface area contributed by atoms with E-state index in [1.54, 1.807) is 18.2 Å². The number of hydrogen-bond donors (Lipinski definition) is 1. The molecule has 28 heavy (non-hydrogen) atoms. The van der Waals surface area contributed by atoms with Gasteiger partial charge in [0, 0.05) is 34.9 Å². The Kier molecular flexibility index (Phi) is 5.21. The molecule has 0 saturated carbocycles. The van der Waals surface area contributed by atoms with Gasteiger partial charge in [-0.15, -0.1) is 11.3 Å². The van der Waals surface area contributed by atoms with E-state index in [1.165, 1.54) is 23.0 Å². The van der Waals surface area contributed by atoms with Gasteiger partial charge in [0.05, 0.1) is 5.69 Å². The van der Waals surface area contributed by atoms with E-state index in [4.69, 9.17) is 0 Å². The van der Waals surface area contributed by atoms with Gasteiger partial charge < -0.3 is 5.32 Å². The molecule has 1 amide bonds. The summed E-state index contributed by atoms with van der Waals surface area (Å²) in [5.74, 6) is -0.318. The van der Waals surface area contributed by atoms with Gasteiger partial charge in [-0.1, -0.05) is 31.2 Å². The third kappa shape index (κ3) is 3.82. The van der Waals surface area contributed by atoms with E-state index in [2.05, 4.69) is 17.2 Å². The van der Waals surface area contributed by atoms with Crippen LogP contribution in [0.4, 0.5) is 10.1 Å². The van der Waals surface area contributed by atoms with Gasteiger partial charge in [0.25, 0.3) is 0 Å². The second-order valence-electron chi connectivity index (χ2n) is 6.58. The maximum absolute atomic E-state index is 14.0. The van der Waals surface area contributed by atoms with Crippen molar-refractivity contribution in [2.75, 3.05) is 5.32 Å². The first kappa shape index (κ1) is 18.4. The van der Waals surface area contributed by atoms with Crippen LogP contribution >= 0.6 is 11.3 Å². The van der Waals surface area contributed by atoms with Crippen LogP contribution in [0.1, 0.15) is 24.6 Å². The molecule has 0 radical (unpaired) electrons. The molecule has 0 aliphatic carbocycles. The van der Waals surface area contributed by atoms with Crippen LogP contribution in [0, 0.1) is 5.82 Å². The van der Waals surface area contributed by atoms with Crippen molar-refractivity contribution in [1.82, 2.24) is 9.38 Å². The Morgan fingerprint density at radius 3 is 2.71 bits per heavy atom.